The van der Waals surface area contributed by atoms with Crippen LogP contribution in [0.1, 0.15) is 11.1 Å². The van der Waals surface area contributed by atoms with Gasteiger partial charge in [-0.1, -0.05) is 23.2 Å². The molecule has 0 unspecified atom stereocenters. The molecule has 0 bridgehead atoms. The number of nitrogens with zero attached hydrogens (tertiary/aromatic N) is 2. The van der Waals surface area contributed by atoms with E-state index < -0.39 is 15.6 Å². The predicted octanol–water partition coefficient (Wildman–Crippen LogP) is 3.62. The Bertz CT molecular complexity index is 1320. The molecule has 1 fully saturated rings. The highest BCUT2D eigenvalue weighted by atomic mass is 35.5. The molecule has 1 aliphatic rings. The first kappa shape index (κ1) is 22.1. The van der Waals surface area contributed by atoms with E-state index in [1.54, 1.807) is 19.1 Å². The second-order valence-corrected chi connectivity index (χ2v) is 10.2. The van der Waals surface area contributed by atoms with Gasteiger partial charge in [0.05, 0.1) is 14.9 Å². The van der Waals surface area contributed by atoms with Gasteiger partial charge < -0.3 is 9.52 Å². The van der Waals surface area contributed by atoms with E-state index in [9.17, 15) is 18.3 Å². The molecule has 31 heavy (non-hydrogen) atoms. The Morgan fingerprint density at radius 2 is 1.74 bits per heavy atom. The fraction of sp³-hybridized carbons (Fsp3) is 0.286. The smallest absolute Gasteiger partial charge is 0.336 e. The van der Waals surface area contributed by atoms with Crippen LogP contribution in [0.5, 0.6) is 5.75 Å². The Hall–Kier alpha value is -2.10. The van der Waals surface area contributed by atoms with Crippen LogP contribution in [0.15, 0.2) is 50.5 Å². The van der Waals surface area contributed by atoms with E-state index in [2.05, 4.69) is 4.90 Å². The van der Waals surface area contributed by atoms with Crippen molar-refractivity contribution in [3.05, 3.63) is 68.0 Å². The average Bonchev–Trinajstić information content (AvgIpc) is 2.73. The molecule has 0 spiro atoms. The number of phenols is 1. The molecular formula is C21H20Cl2N2O5S. The molecule has 1 aromatic heterocycles. The second kappa shape index (κ2) is 8.44. The third kappa shape index (κ3) is 4.31. The minimum Gasteiger partial charge on any atom is -0.508 e. The fourth-order valence-corrected chi connectivity index (χ4v) is 5.51. The minimum atomic E-state index is -3.68. The van der Waals surface area contributed by atoms with E-state index in [-0.39, 0.29) is 15.7 Å². The molecule has 1 N–H and O–H groups in total. The lowest BCUT2D eigenvalue weighted by Crippen LogP contribution is -2.48. The molecule has 0 saturated carbocycles. The van der Waals surface area contributed by atoms with Gasteiger partial charge in [0, 0.05) is 49.7 Å². The van der Waals surface area contributed by atoms with Crippen LogP contribution in [0.2, 0.25) is 10.0 Å². The average molecular weight is 483 g/mol. The van der Waals surface area contributed by atoms with Crippen molar-refractivity contribution in [2.75, 3.05) is 26.2 Å². The summed E-state index contributed by atoms with van der Waals surface area (Å²) in [5.41, 5.74) is 1.16. The van der Waals surface area contributed by atoms with E-state index >= 15 is 0 Å². The first-order valence-corrected chi connectivity index (χ1v) is 11.8. The van der Waals surface area contributed by atoms with E-state index in [1.807, 2.05) is 0 Å². The topological polar surface area (TPSA) is 91.1 Å². The highest BCUT2D eigenvalue weighted by molar-refractivity contribution is 7.89. The van der Waals surface area contributed by atoms with Crippen molar-refractivity contribution in [2.24, 2.45) is 0 Å². The van der Waals surface area contributed by atoms with Crippen molar-refractivity contribution in [2.45, 2.75) is 18.4 Å². The van der Waals surface area contributed by atoms with Crippen LogP contribution in [0, 0.1) is 6.92 Å². The molecule has 2 aromatic carbocycles. The normalized spacial score (nSPS) is 16.1. The SMILES string of the molecule is Cc1c(O)ccc2c(CN3CCN(S(=O)(=O)c4ccc(Cl)c(Cl)c4)CC3)cc(=O)oc12. The molecule has 164 valence electrons. The first-order valence-electron chi connectivity index (χ1n) is 9.59. The van der Waals surface area contributed by atoms with Crippen LogP contribution in [0.25, 0.3) is 11.0 Å². The number of aryl methyl sites for hydroxylation is 1. The molecule has 1 saturated heterocycles. The molecule has 0 atom stereocenters. The van der Waals surface area contributed by atoms with E-state index in [1.165, 1.54) is 28.6 Å². The fourth-order valence-electron chi connectivity index (χ4n) is 3.70. The molecule has 2 heterocycles. The number of fused-ring (bicyclic) bond motifs is 1. The van der Waals surface area contributed by atoms with Crippen molar-refractivity contribution < 1.29 is 17.9 Å². The van der Waals surface area contributed by atoms with Gasteiger partial charge in [-0.05, 0) is 42.8 Å². The van der Waals surface area contributed by atoms with Crippen LogP contribution >= 0.6 is 23.2 Å². The third-order valence-electron chi connectivity index (χ3n) is 5.47. The Kier molecular flexibility index (Phi) is 6.02. The van der Waals surface area contributed by atoms with Crippen molar-refractivity contribution >= 4 is 44.2 Å². The summed E-state index contributed by atoms with van der Waals surface area (Å²) in [7, 11) is -3.68. The summed E-state index contributed by atoms with van der Waals surface area (Å²) in [5, 5.41) is 11.1. The maximum atomic E-state index is 12.9. The number of halogens is 2. The van der Waals surface area contributed by atoms with E-state index in [0.29, 0.717) is 48.9 Å². The molecule has 0 aliphatic carbocycles. The molecule has 0 radical (unpaired) electrons. The third-order valence-corrected chi connectivity index (χ3v) is 8.11. The maximum absolute atomic E-state index is 12.9. The van der Waals surface area contributed by atoms with Gasteiger partial charge in [-0.2, -0.15) is 4.31 Å². The highest BCUT2D eigenvalue weighted by Gasteiger charge is 2.29. The summed E-state index contributed by atoms with van der Waals surface area (Å²) in [6.45, 7) is 3.77. The summed E-state index contributed by atoms with van der Waals surface area (Å²) >= 11 is 11.9. The number of benzene rings is 2. The lowest BCUT2D eigenvalue weighted by Gasteiger charge is -2.34. The Balaban J connectivity index is 1.52. The number of piperazine rings is 1. The standard InChI is InChI=1S/C21H20Cl2N2O5S/c1-13-19(26)5-3-16-14(10-20(27)30-21(13)16)12-24-6-8-25(9-7-24)31(28,29)15-2-4-17(22)18(23)11-15/h2-5,10-11,26H,6-9,12H2,1H3. The summed E-state index contributed by atoms with van der Waals surface area (Å²) in [5.74, 6) is 0.0638. The largest absolute Gasteiger partial charge is 0.508 e. The number of hydrogen-bond acceptors (Lipinski definition) is 6. The van der Waals surface area contributed by atoms with Gasteiger partial charge in [0.2, 0.25) is 10.0 Å². The van der Waals surface area contributed by atoms with Crippen molar-refractivity contribution in [1.82, 2.24) is 9.21 Å². The van der Waals surface area contributed by atoms with Gasteiger partial charge >= 0.3 is 5.63 Å². The minimum absolute atomic E-state index is 0.0638. The summed E-state index contributed by atoms with van der Waals surface area (Å²) < 4.78 is 32.6. The zero-order valence-electron chi connectivity index (χ0n) is 16.6. The van der Waals surface area contributed by atoms with E-state index in [0.717, 1.165) is 10.9 Å². The zero-order valence-corrected chi connectivity index (χ0v) is 19.0. The van der Waals surface area contributed by atoms with Crippen molar-refractivity contribution in [3.8, 4) is 5.75 Å². The number of phenolic OH excluding ortho intramolecular Hbond substituents is 1. The molecule has 4 rings (SSSR count). The van der Waals surface area contributed by atoms with Crippen LogP contribution in [-0.4, -0.2) is 48.9 Å². The molecule has 0 amide bonds. The van der Waals surface area contributed by atoms with Gasteiger partial charge in [0.1, 0.15) is 11.3 Å². The maximum Gasteiger partial charge on any atom is 0.336 e. The van der Waals surface area contributed by atoms with E-state index in [4.69, 9.17) is 27.6 Å². The molecule has 1 aliphatic heterocycles. The predicted molar refractivity (Wildman–Crippen MR) is 119 cm³/mol. The van der Waals surface area contributed by atoms with Gasteiger partial charge in [-0.15, -0.1) is 0 Å². The molecule has 7 nitrogen and oxygen atoms in total. The Morgan fingerprint density at radius 1 is 1.03 bits per heavy atom. The lowest BCUT2D eigenvalue weighted by atomic mass is 10.1. The number of sulfonamides is 1. The summed E-state index contributed by atoms with van der Waals surface area (Å²) in [6, 6.07) is 9.02. The number of rotatable bonds is 4. The second-order valence-electron chi connectivity index (χ2n) is 7.43. The quantitative estimate of drug-likeness (QED) is 0.571. The Morgan fingerprint density at radius 3 is 2.42 bits per heavy atom. The van der Waals surface area contributed by atoms with Gasteiger partial charge in [0.25, 0.3) is 0 Å². The van der Waals surface area contributed by atoms with Crippen LogP contribution in [0.3, 0.4) is 0 Å². The van der Waals surface area contributed by atoms with Crippen LogP contribution < -0.4 is 5.63 Å². The Labute approximate surface area is 189 Å². The number of aromatic hydroxyl groups is 1. The van der Waals surface area contributed by atoms with Crippen LogP contribution in [0.4, 0.5) is 0 Å². The van der Waals surface area contributed by atoms with Gasteiger partial charge in [-0.3, -0.25) is 4.90 Å². The number of hydrogen-bond donors (Lipinski definition) is 1. The lowest BCUT2D eigenvalue weighted by molar-refractivity contribution is 0.182. The van der Waals surface area contributed by atoms with Crippen molar-refractivity contribution in [3.63, 3.8) is 0 Å². The molecule has 10 heteroatoms. The van der Waals surface area contributed by atoms with Crippen molar-refractivity contribution in [1.29, 1.82) is 0 Å². The first-order chi connectivity index (χ1) is 14.7. The van der Waals surface area contributed by atoms with Crippen LogP contribution in [-0.2, 0) is 16.6 Å². The monoisotopic (exact) mass is 482 g/mol. The zero-order chi connectivity index (χ0) is 22.3. The summed E-state index contributed by atoms with van der Waals surface area (Å²) in [6.07, 6.45) is 0. The molecule has 3 aromatic rings. The highest BCUT2D eigenvalue weighted by Crippen LogP contribution is 2.29. The van der Waals surface area contributed by atoms with Gasteiger partial charge in [-0.25, -0.2) is 13.2 Å². The summed E-state index contributed by atoms with van der Waals surface area (Å²) in [4.78, 5) is 14.2. The molecular weight excluding hydrogens is 463 g/mol. The van der Waals surface area contributed by atoms with Gasteiger partial charge in [0.15, 0.2) is 0 Å².